The number of piperidine rings is 1. The summed E-state index contributed by atoms with van der Waals surface area (Å²) in [7, 11) is 0. The highest BCUT2D eigenvalue weighted by Gasteiger charge is 2.21. The van der Waals surface area contributed by atoms with Gasteiger partial charge in [-0.3, -0.25) is 4.99 Å². The maximum absolute atomic E-state index is 4.80. The molecule has 0 bridgehead atoms. The van der Waals surface area contributed by atoms with E-state index in [2.05, 4.69) is 65.7 Å². The molecule has 0 amide bonds. The summed E-state index contributed by atoms with van der Waals surface area (Å²) in [6, 6.07) is 6.68. The zero-order chi connectivity index (χ0) is 21.6. The SMILES string of the molecule is CCNC(=NCCc1nc(C(C)(C)C)cs1)NC1CCN(c2cccc(C)n2)CC1. The van der Waals surface area contributed by atoms with Crippen LogP contribution in [0.15, 0.2) is 28.6 Å². The van der Waals surface area contributed by atoms with Crippen LogP contribution in [0, 0.1) is 6.92 Å². The quantitative estimate of drug-likeness (QED) is 0.539. The van der Waals surface area contributed by atoms with Gasteiger partial charge in [0.2, 0.25) is 0 Å². The normalized spacial score (nSPS) is 16.0. The summed E-state index contributed by atoms with van der Waals surface area (Å²) in [6.45, 7) is 14.4. The van der Waals surface area contributed by atoms with Crippen LogP contribution in [-0.2, 0) is 11.8 Å². The number of nitrogens with one attached hydrogen (secondary N) is 2. The Morgan fingerprint density at radius 3 is 2.63 bits per heavy atom. The van der Waals surface area contributed by atoms with Crippen LogP contribution in [0.2, 0.25) is 0 Å². The third-order valence-corrected chi connectivity index (χ3v) is 6.20. The molecule has 3 rings (SSSR count). The Kier molecular flexibility index (Phi) is 7.69. The van der Waals surface area contributed by atoms with Gasteiger partial charge >= 0.3 is 0 Å². The van der Waals surface area contributed by atoms with Crippen molar-refractivity contribution in [1.82, 2.24) is 20.6 Å². The lowest BCUT2D eigenvalue weighted by Gasteiger charge is -2.34. The summed E-state index contributed by atoms with van der Waals surface area (Å²) < 4.78 is 0. The lowest BCUT2D eigenvalue weighted by molar-refractivity contribution is 0.459. The number of aryl methyl sites for hydroxylation is 1. The van der Waals surface area contributed by atoms with Crippen LogP contribution in [0.5, 0.6) is 0 Å². The van der Waals surface area contributed by atoms with E-state index in [0.717, 1.165) is 62.9 Å². The number of anilines is 1. The number of aliphatic imine (C=N–C) groups is 1. The minimum absolute atomic E-state index is 0.108. The summed E-state index contributed by atoms with van der Waals surface area (Å²) in [5, 5.41) is 10.4. The molecule has 2 aromatic heterocycles. The van der Waals surface area contributed by atoms with E-state index >= 15 is 0 Å². The Morgan fingerprint density at radius 1 is 1.23 bits per heavy atom. The van der Waals surface area contributed by atoms with E-state index in [9.17, 15) is 0 Å². The second-order valence-electron chi connectivity index (χ2n) is 8.93. The smallest absolute Gasteiger partial charge is 0.191 e. The highest BCUT2D eigenvalue weighted by molar-refractivity contribution is 7.09. The van der Waals surface area contributed by atoms with Crippen molar-refractivity contribution < 1.29 is 0 Å². The molecule has 164 valence electrons. The molecule has 2 N–H and O–H groups in total. The van der Waals surface area contributed by atoms with Crippen LogP contribution in [0.3, 0.4) is 0 Å². The molecule has 0 aliphatic carbocycles. The predicted molar refractivity (Wildman–Crippen MR) is 128 cm³/mol. The highest BCUT2D eigenvalue weighted by atomic mass is 32.1. The molecule has 7 heteroatoms. The second-order valence-corrected chi connectivity index (χ2v) is 9.87. The van der Waals surface area contributed by atoms with Gasteiger partial charge in [0.15, 0.2) is 5.96 Å². The molecule has 30 heavy (non-hydrogen) atoms. The summed E-state index contributed by atoms with van der Waals surface area (Å²) >= 11 is 1.74. The number of aromatic nitrogens is 2. The first-order chi connectivity index (χ1) is 14.3. The average molecular weight is 429 g/mol. The Hall–Kier alpha value is -2.15. The van der Waals surface area contributed by atoms with Gasteiger partial charge in [-0.25, -0.2) is 9.97 Å². The molecule has 0 unspecified atom stereocenters. The first-order valence-electron chi connectivity index (χ1n) is 11.0. The summed E-state index contributed by atoms with van der Waals surface area (Å²) in [5.41, 5.74) is 2.35. The van der Waals surface area contributed by atoms with Crippen LogP contribution in [0.4, 0.5) is 5.82 Å². The van der Waals surface area contributed by atoms with Crippen LogP contribution in [0.25, 0.3) is 0 Å². The number of hydrogen-bond donors (Lipinski definition) is 2. The van der Waals surface area contributed by atoms with Crippen LogP contribution in [0.1, 0.15) is 56.9 Å². The molecule has 6 nitrogen and oxygen atoms in total. The Morgan fingerprint density at radius 2 is 2.00 bits per heavy atom. The predicted octanol–water partition coefficient (Wildman–Crippen LogP) is 3.91. The van der Waals surface area contributed by atoms with E-state index in [1.807, 2.05) is 13.0 Å². The van der Waals surface area contributed by atoms with E-state index in [4.69, 9.17) is 9.98 Å². The van der Waals surface area contributed by atoms with Crippen molar-refractivity contribution in [2.24, 2.45) is 4.99 Å². The molecule has 1 aliphatic heterocycles. The van der Waals surface area contributed by atoms with Crippen LogP contribution in [-0.4, -0.2) is 48.1 Å². The Balaban J connectivity index is 1.50. The number of nitrogens with zero attached hydrogens (tertiary/aromatic N) is 4. The minimum atomic E-state index is 0.108. The number of rotatable bonds is 6. The molecule has 0 radical (unpaired) electrons. The van der Waals surface area contributed by atoms with Gasteiger partial charge in [-0.15, -0.1) is 11.3 Å². The largest absolute Gasteiger partial charge is 0.357 e. The molecule has 0 saturated carbocycles. The summed E-state index contributed by atoms with van der Waals surface area (Å²) in [4.78, 5) is 16.6. The molecule has 0 spiro atoms. The molecule has 1 fully saturated rings. The van der Waals surface area contributed by atoms with Crippen LogP contribution < -0.4 is 15.5 Å². The van der Waals surface area contributed by atoms with Crippen molar-refractivity contribution in [1.29, 1.82) is 0 Å². The fraction of sp³-hybridized carbons (Fsp3) is 0.609. The average Bonchev–Trinajstić information content (AvgIpc) is 3.18. The maximum Gasteiger partial charge on any atom is 0.191 e. The number of thiazole rings is 1. The van der Waals surface area contributed by atoms with E-state index in [1.165, 1.54) is 10.7 Å². The van der Waals surface area contributed by atoms with Gasteiger partial charge in [0.25, 0.3) is 0 Å². The molecule has 1 saturated heterocycles. The van der Waals surface area contributed by atoms with Crippen LogP contribution >= 0.6 is 11.3 Å². The van der Waals surface area contributed by atoms with Crippen molar-refractivity contribution in [3.05, 3.63) is 40.0 Å². The third kappa shape index (κ3) is 6.42. The standard InChI is InChI=1S/C23H36N6S/c1-6-24-22(25-13-10-21-28-19(16-30-21)23(3,4)5)27-18-11-14-29(15-12-18)20-9-7-8-17(2)26-20/h7-9,16,18H,6,10-15H2,1-5H3,(H2,24,25,27). The zero-order valence-corrected chi connectivity index (χ0v) is 19.9. The monoisotopic (exact) mass is 428 g/mol. The summed E-state index contributed by atoms with van der Waals surface area (Å²) in [5.74, 6) is 2.00. The molecule has 1 aliphatic rings. The number of guanidine groups is 1. The van der Waals surface area contributed by atoms with Gasteiger partial charge in [0.05, 0.1) is 10.7 Å². The molecule has 2 aromatic rings. The number of hydrogen-bond acceptors (Lipinski definition) is 5. The van der Waals surface area contributed by atoms with Gasteiger partial charge in [0.1, 0.15) is 5.82 Å². The van der Waals surface area contributed by atoms with Crippen molar-refractivity contribution in [2.45, 2.75) is 65.3 Å². The van der Waals surface area contributed by atoms with Crippen molar-refractivity contribution >= 4 is 23.1 Å². The zero-order valence-electron chi connectivity index (χ0n) is 19.0. The number of pyridine rings is 1. The first kappa shape index (κ1) is 22.5. The van der Waals surface area contributed by atoms with Crippen molar-refractivity contribution in [2.75, 3.05) is 31.1 Å². The Bertz CT molecular complexity index is 830. The topological polar surface area (TPSA) is 65.4 Å². The Labute approximate surface area is 185 Å². The fourth-order valence-corrected chi connectivity index (χ4v) is 4.52. The molecule has 3 heterocycles. The maximum atomic E-state index is 4.80. The fourth-order valence-electron chi connectivity index (χ4n) is 3.50. The van der Waals surface area contributed by atoms with Crippen molar-refractivity contribution in [3.8, 4) is 0 Å². The highest BCUT2D eigenvalue weighted by Crippen LogP contribution is 2.24. The lowest BCUT2D eigenvalue weighted by Crippen LogP contribution is -2.49. The van der Waals surface area contributed by atoms with Gasteiger partial charge in [-0.1, -0.05) is 26.8 Å². The second kappa shape index (κ2) is 10.2. The molecular formula is C23H36N6S. The van der Waals surface area contributed by atoms with Gasteiger partial charge in [0, 0.05) is 55.1 Å². The lowest BCUT2D eigenvalue weighted by atomic mass is 9.93. The van der Waals surface area contributed by atoms with Gasteiger partial charge in [-0.05, 0) is 38.8 Å². The van der Waals surface area contributed by atoms with Gasteiger partial charge < -0.3 is 15.5 Å². The minimum Gasteiger partial charge on any atom is -0.357 e. The van der Waals surface area contributed by atoms with Gasteiger partial charge in [-0.2, -0.15) is 0 Å². The molecule has 0 aromatic carbocycles. The molecule has 0 atom stereocenters. The summed E-state index contributed by atoms with van der Waals surface area (Å²) in [6.07, 6.45) is 3.05. The third-order valence-electron chi connectivity index (χ3n) is 5.29. The van der Waals surface area contributed by atoms with E-state index in [-0.39, 0.29) is 5.41 Å². The first-order valence-corrected chi connectivity index (χ1v) is 11.9. The van der Waals surface area contributed by atoms with Crippen molar-refractivity contribution in [3.63, 3.8) is 0 Å². The van der Waals surface area contributed by atoms with E-state index in [0.29, 0.717) is 6.04 Å². The van der Waals surface area contributed by atoms with E-state index < -0.39 is 0 Å². The molecular weight excluding hydrogens is 392 g/mol. The van der Waals surface area contributed by atoms with E-state index in [1.54, 1.807) is 11.3 Å².